The molecule has 1 aromatic rings. The number of piperidine rings is 1. The molecule has 1 saturated heterocycles. The van der Waals surface area contributed by atoms with Crippen LogP contribution in [0.1, 0.15) is 38.2 Å². The Hall–Kier alpha value is -1.55. The molecule has 0 spiro atoms. The number of unbranched alkanes of at least 4 members (excludes halogenated alkanes) is 1. The summed E-state index contributed by atoms with van der Waals surface area (Å²) in [6, 6.07) is 8.11. The van der Waals surface area contributed by atoms with E-state index in [1.54, 1.807) is 7.11 Å². The molecule has 4 N–H and O–H groups in total. The van der Waals surface area contributed by atoms with E-state index in [4.69, 9.17) is 10.5 Å². The highest BCUT2D eigenvalue weighted by Gasteiger charge is 2.22. The minimum atomic E-state index is -0.145. The van der Waals surface area contributed by atoms with E-state index in [0.29, 0.717) is 0 Å². The third-order valence-electron chi connectivity index (χ3n) is 5.37. The normalized spacial score (nSPS) is 15.3. The second-order valence-electron chi connectivity index (χ2n) is 7.47. The van der Waals surface area contributed by atoms with Gasteiger partial charge in [0, 0.05) is 25.6 Å². The summed E-state index contributed by atoms with van der Waals surface area (Å²) in [4.78, 5) is 18.4. The number of nitrogens with two attached hydrogens (primary N) is 1. The van der Waals surface area contributed by atoms with Gasteiger partial charge < -0.3 is 26.0 Å². The summed E-state index contributed by atoms with van der Waals surface area (Å²) in [6.07, 6.45) is 4.85. The Kier molecular flexibility index (Phi) is 13.5. The number of primary amides is 1. The van der Waals surface area contributed by atoms with E-state index >= 15 is 0 Å². The summed E-state index contributed by atoms with van der Waals surface area (Å²) in [5, 5.41) is 6.71. The monoisotopic (exact) mass is 531 g/mol. The molecule has 0 aromatic heterocycles. The average molecular weight is 531 g/mol. The molecule has 0 aliphatic carbocycles. The van der Waals surface area contributed by atoms with E-state index < -0.39 is 0 Å². The number of carbonyl (C=O) groups is 1. The standard InChI is InChI=1S/C22H37N5O2.HI/c1-3-24-22(26-14-10-18-8-4-5-9-20(18)29-2)25-13-6-7-15-27-16-11-19(12-17-27)21(23)28;/h4-5,8-9,19H,3,6-7,10-17H2,1-2H3,(H2,23,28)(H2,24,25,26);1H. The lowest BCUT2D eigenvalue weighted by atomic mass is 9.96. The molecular formula is C22H38IN5O2. The fourth-order valence-corrected chi connectivity index (χ4v) is 3.65. The summed E-state index contributed by atoms with van der Waals surface area (Å²) in [6.45, 7) is 7.55. The Morgan fingerprint density at radius 2 is 1.97 bits per heavy atom. The number of rotatable bonds is 11. The van der Waals surface area contributed by atoms with Crippen LogP contribution in [0.25, 0.3) is 0 Å². The molecule has 7 nitrogen and oxygen atoms in total. The summed E-state index contributed by atoms with van der Waals surface area (Å²) in [5.74, 6) is 1.72. The molecule has 0 atom stereocenters. The zero-order valence-corrected chi connectivity index (χ0v) is 20.7. The number of hydrogen-bond acceptors (Lipinski definition) is 4. The molecule has 1 heterocycles. The number of hydrogen-bond donors (Lipinski definition) is 3. The third-order valence-corrected chi connectivity index (χ3v) is 5.37. The molecule has 0 radical (unpaired) electrons. The molecule has 8 heteroatoms. The minimum absolute atomic E-state index is 0. The van der Waals surface area contributed by atoms with Gasteiger partial charge in [-0.05, 0) is 70.3 Å². The van der Waals surface area contributed by atoms with Crippen LogP contribution in [0.3, 0.4) is 0 Å². The van der Waals surface area contributed by atoms with Crippen molar-refractivity contribution in [3.8, 4) is 5.75 Å². The molecule has 1 amide bonds. The number of methoxy groups -OCH3 is 1. The van der Waals surface area contributed by atoms with Gasteiger partial charge in [0.05, 0.1) is 7.11 Å². The van der Waals surface area contributed by atoms with Gasteiger partial charge in [0.15, 0.2) is 5.96 Å². The highest BCUT2D eigenvalue weighted by Crippen LogP contribution is 2.17. The van der Waals surface area contributed by atoms with Crippen LogP contribution in [-0.4, -0.2) is 63.1 Å². The van der Waals surface area contributed by atoms with Crippen molar-refractivity contribution in [2.24, 2.45) is 16.6 Å². The second kappa shape index (κ2) is 15.3. The fourth-order valence-electron chi connectivity index (χ4n) is 3.65. The molecule has 0 unspecified atom stereocenters. The topological polar surface area (TPSA) is 92.0 Å². The number of likely N-dealkylation sites (tertiary alicyclic amines) is 1. The van der Waals surface area contributed by atoms with Crippen LogP contribution in [0.2, 0.25) is 0 Å². The number of ether oxygens (including phenoxy) is 1. The predicted octanol–water partition coefficient (Wildman–Crippen LogP) is 2.39. The number of benzene rings is 1. The number of para-hydroxylation sites is 1. The summed E-state index contributed by atoms with van der Waals surface area (Å²) in [7, 11) is 1.71. The van der Waals surface area contributed by atoms with Gasteiger partial charge in [0.1, 0.15) is 5.75 Å². The number of amides is 1. The lowest BCUT2D eigenvalue weighted by Gasteiger charge is -2.30. The van der Waals surface area contributed by atoms with Crippen LogP contribution in [-0.2, 0) is 11.2 Å². The number of guanidine groups is 1. The molecule has 170 valence electrons. The number of nitrogens with zero attached hydrogens (tertiary/aromatic N) is 2. The molecule has 1 aromatic carbocycles. The van der Waals surface area contributed by atoms with Gasteiger partial charge in [-0.2, -0.15) is 0 Å². The number of nitrogens with one attached hydrogen (secondary N) is 2. The van der Waals surface area contributed by atoms with Crippen LogP contribution in [0.15, 0.2) is 29.3 Å². The van der Waals surface area contributed by atoms with Crippen molar-refractivity contribution in [3.63, 3.8) is 0 Å². The molecule has 1 fully saturated rings. The fraction of sp³-hybridized carbons (Fsp3) is 0.636. The van der Waals surface area contributed by atoms with Gasteiger partial charge in [0.25, 0.3) is 0 Å². The Labute approximate surface area is 198 Å². The maximum Gasteiger partial charge on any atom is 0.220 e. The lowest BCUT2D eigenvalue weighted by molar-refractivity contribution is -0.123. The summed E-state index contributed by atoms with van der Waals surface area (Å²) in [5.41, 5.74) is 6.59. The Balaban J connectivity index is 0.00000450. The number of aliphatic imine (C=N–C) groups is 1. The average Bonchev–Trinajstić information content (AvgIpc) is 2.74. The van der Waals surface area contributed by atoms with E-state index in [2.05, 4.69) is 33.5 Å². The molecule has 0 bridgehead atoms. The SMILES string of the molecule is CCNC(=NCCCCN1CCC(C(N)=O)CC1)NCCc1ccccc1OC.I. The molecule has 1 aliphatic heterocycles. The maximum absolute atomic E-state index is 11.2. The Morgan fingerprint density at radius 1 is 1.23 bits per heavy atom. The van der Waals surface area contributed by atoms with Crippen molar-refractivity contribution in [1.29, 1.82) is 0 Å². The predicted molar refractivity (Wildman–Crippen MR) is 134 cm³/mol. The van der Waals surface area contributed by atoms with Gasteiger partial charge >= 0.3 is 0 Å². The molecule has 30 heavy (non-hydrogen) atoms. The summed E-state index contributed by atoms with van der Waals surface area (Å²) < 4.78 is 5.41. The van der Waals surface area contributed by atoms with Gasteiger partial charge in [0.2, 0.25) is 5.91 Å². The first-order valence-corrected chi connectivity index (χ1v) is 10.8. The third kappa shape index (κ3) is 9.51. The maximum atomic E-state index is 11.2. The molecule has 2 rings (SSSR count). The van der Waals surface area contributed by atoms with Crippen LogP contribution < -0.4 is 21.1 Å². The van der Waals surface area contributed by atoms with Crippen molar-refractivity contribution < 1.29 is 9.53 Å². The molecule has 1 aliphatic rings. The van der Waals surface area contributed by atoms with Gasteiger partial charge in [-0.3, -0.25) is 9.79 Å². The van der Waals surface area contributed by atoms with Crippen LogP contribution in [0.4, 0.5) is 0 Å². The van der Waals surface area contributed by atoms with E-state index in [1.165, 1.54) is 5.56 Å². The zero-order valence-electron chi connectivity index (χ0n) is 18.4. The van der Waals surface area contributed by atoms with Crippen LogP contribution in [0.5, 0.6) is 5.75 Å². The van der Waals surface area contributed by atoms with Crippen molar-refractivity contribution >= 4 is 35.8 Å². The highest BCUT2D eigenvalue weighted by molar-refractivity contribution is 14.0. The van der Waals surface area contributed by atoms with Crippen LogP contribution in [0, 0.1) is 5.92 Å². The van der Waals surface area contributed by atoms with Gasteiger partial charge in [-0.15, -0.1) is 24.0 Å². The smallest absolute Gasteiger partial charge is 0.220 e. The second-order valence-corrected chi connectivity index (χ2v) is 7.47. The van der Waals surface area contributed by atoms with Crippen molar-refractivity contribution in [1.82, 2.24) is 15.5 Å². The van der Waals surface area contributed by atoms with Gasteiger partial charge in [-0.1, -0.05) is 18.2 Å². The number of halogens is 1. The van der Waals surface area contributed by atoms with E-state index in [0.717, 1.165) is 83.1 Å². The minimum Gasteiger partial charge on any atom is -0.496 e. The first-order valence-electron chi connectivity index (χ1n) is 10.8. The molecule has 0 saturated carbocycles. The summed E-state index contributed by atoms with van der Waals surface area (Å²) >= 11 is 0. The zero-order chi connectivity index (χ0) is 20.9. The van der Waals surface area contributed by atoms with E-state index in [-0.39, 0.29) is 35.8 Å². The number of carbonyl (C=O) groups excluding carboxylic acids is 1. The van der Waals surface area contributed by atoms with Crippen molar-refractivity contribution in [3.05, 3.63) is 29.8 Å². The Bertz CT molecular complexity index is 648. The lowest BCUT2D eigenvalue weighted by Crippen LogP contribution is -2.39. The van der Waals surface area contributed by atoms with Crippen LogP contribution >= 0.6 is 24.0 Å². The molecular weight excluding hydrogens is 493 g/mol. The first-order chi connectivity index (χ1) is 14.1. The quantitative estimate of drug-likeness (QED) is 0.177. The van der Waals surface area contributed by atoms with E-state index in [9.17, 15) is 4.79 Å². The Morgan fingerprint density at radius 3 is 2.63 bits per heavy atom. The van der Waals surface area contributed by atoms with E-state index in [1.807, 2.05) is 18.2 Å². The first kappa shape index (κ1) is 26.5. The van der Waals surface area contributed by atoms with Gasteiger partial charge in [-0.25, -0.2) is 0 Å². The largest absolute Gasteiger partial charge is 0.496 e. The van der Waals surface area contributed by atoms with Crippen molar-refractivity contribution in [2.75, 3.05) is 46.4 Å². The highest BCUT2D eigenvalue weighted by atomic mass is 127. The van der Waals surface area contributed by atoms with Crippen molar-refractivity contribution in [2.45, 2.75) is 39.0 Å².